The maximum absolute atomic E-state index is 12.8. The molecule has 8 heteroatoms. The number of carbonyl (C=O) groups is 1. The summed E-state index contributed by atoms with van der Waals surface area (Å²) in [7, 11) is 2.09. The average molecular weight is 351 g/mol. The number of nitrogens with zero attached hydrogens (tertiary/aromatic N) is 4. The topological polar surface area (TPSA) is 74.5 Å². The Hall–Kier alpha value is -1.12. The van der Waals surface area contributed by atoms with Gasteiger partial charge in [0.1, 0.15) is 6.04 Å². The van der Waals surface area contributed by atoms with Gasteiger partial charge in [-0.15, -0.1) is 11.8 Å². The molecule has 1 aromatic rings. The van der Waals surface area contributed by atoms with Gasteiger partial charge >= 0.3 is 0 Å². The Kier molecular flexibility index (Phi) is 4.78. The number of amides is 1. The Morgan fingerprint density at radius 3 is 2.96 bits per heavy atom. The highest BCUT2D eigenvalue weighted by atomic mass is 32.2. The molecule has 132 valence electrons. The minimum absolute atomic E-state index is 0.0637. The molecular weight excluding hydrogens is 326 g/mol. The molecule has 2 saturated heterocycles. The van der Waals surface area contributed by atoms with Crippen molar-refractivity contribution in [2.24, 2.45) is 5.92 Å². The maximum atomic E-state index is 12.8. The van der Waals surface area contributed by atoms with Gasteiger partial charge in [0.2, 0.25) is 11.8 Å². The summed E-state index contributed by atoms with van der Waals surface area (Å²) in [5, 5.41) is 7.59. The number of rotatable bonds is 3. The van der Waals surface area contributed by atoms with Crippen LogP contribution in [0, 0.1) is 5.92 Å². The van der Waals surface area contributed by atoms with Crippen LogP contribution >= 0.6 is 11.8 Å². The van der Waals surface area contributed by atoms with Crippen LogP contribution in [-0.4, -0.2) is 64.2 Å². The molecule has 2 unspecified atom stereocenters. The summed E-state index contributed by atoms with van der Waals surface area (Å²) >= 11 is 1.77. The summed E-state index contributed by atoms with van der Waals surface area (Å²) < 4.78 is 5.57. The molecule has 2 aliphatic heterocycles. The van der Waals surface area contributed by atoms with E-state index in [4.69, 9.17) is 4.52 Å². The summed E-state index contributed by atoms with van der Waals surface area (Å²) in [4.78, 5) is 21.7. The highest BCUT2D eigenvalue weighted by Crippen LogP contribution is 2.37. The van der Waals surface area contributed by atoms with Gasteiger partial charge in [-0.2, -0.15) is 4.98 Å². The van der Waals surface area contributed by atoms with Crippen molar-refractivity contribution in [3.05, 3.63) is 11.7 Å². The number of hydrogen-bond donors (Lipinski definition) is 1. The number of hydrogen-bond acceptors (Lipinski definition) is 7. The van der Waals surface area contributed by atoms with Crippen LogP contribution in [0.3, 0.4) is 0 Å². The molecule has 0 spiro atoms. The molecule has 4 rings (SSSR count). The van der Waals surface area contributed by atoms with Crippen LogP contribution < -0.4 is 5.32 Å². The molecule has 0 radical (unpaired) electrons. The van der Waals surface area contributed by atoms with Gasteiger partial charge < -0.3 is 14.7 Å². The van der Waals surface area contributed by atoms with Gasteiger partial charge in [0, 0.05) is 31.3 Å². The number of piperazine rings is 1. The van der Waals surface area contributed by atoms with Gasteiger partial charge in [0.05, 0.1) is 11.9 Å². The molecule has 1 amide bonds. The second kappa shape index (κ2) is 7.01. The summed E-state index contributed by atoms with van der Waals surface area (Å²) in [6.07, 6.45) is 4.40. The van der Waals surface area contributed by atoms with Crippen molar-refractivity contribution in [1.82, 2.24) is 25.3 Å². The molecule has 24 heavy (non-hydrogen) atoms. The Balaban J connectivity index is 1.49. The molecule has 1 aliphatic carbocycles. The predicted molar refractivity (Wildman–Crippen MR) is 91.4 cm³/mol. The normalized spacial score (nSPS) is 29.5. The van der Waals surface area contributed by atoms with Gasteiger partial charge in [0.25, 0.3) is 0 Å². The maximum Gasteiger partial charge on any atom is 0.250 e. The van der Waals surface area contributed by atoms with E-state index in [-0.39, 0.29) is 23.9 Å². The first-order valence-corrected chi connectivity index (χ1v) is 10.0. The van der Waals surface area contributed by atoms with E-state index in [2.05, 4.69) is 27.4 Å². The molecule has 0 bridgehead atoms. The van der Waals surface area contributed by atoms with Crippen LogP contribution in [0.1, 0.15) is 49.5 Å². The monoisotopic (exact) mass is 351 g/mol. The van der Waals surface area contributed by atoms with Gasteiger partial charge in [-0.3, -0.25) is 9.69 Å². The van der Waals surface area contributed by atoms with Crippen molar-refractivity contribution in [1.29, 1.82) is 0 Å². The van der Waals surface area contributed by atoms with E-state index in [1.807, 2.05) is 4.90 Å². The van der Waals surface area contributed by atoms with Crippen molar-refractivity contribution >= 4 is 17.7 Å². The molecule has 3 heterocycles. The third kappa shape index (κ3) is 3.07. The van der Waals surface area contributed by atoms with Crippen LogP contribution in [0.15, 0.2) is 4.52 Å². The molecule has 3 fully saturated rings. The van der Waals surface area contributed by atoms with Crippen molar-refractivity contribution in [2.75, 3.05) is 38.3 Å². The summed E-state index contributed by atoms with van der Waals surface area (Å²) in [6, 6.07) is 0.0792. The van der Waals surface area contributed by atoms with Crippen molar-refractivity contribution < 1.29 is 9.32 Å². The lowest BCUT2D eigenvalue weighted by molar-refractivity contribution is -0.136. The molecule has 3 aliphatic rings. The third-order valence-electron chi connectivity index (χ3n) is 5.42. The lowest BCUT2D eigenvalue weighted by Gasteiger charge is -2.30. The third-order valence-corrected chi connectivity index (χ3v) is 6.43. The molecule has 1 aromatic heterocycles. The first-order chi connectivity index (χ1) is 11.7. The number of carbonyl (C=O) groups excluding carboxylic acids is 1. The molecule has 1 N–H and O–H groups in total. The first kappa shape index (κ1) is 16.4. The molecule has 2 atom stereocenters. The van der Waals surface area contributed by atoms with Crippen molar-refractivity contribution in [2.45, 2.75) is 37.8 Å². The lowest BCUT2D eigenvalue weighted by Crippen LogP contribution is -2.44. The second-order valence-corrected chi connectivity index (χ2v) is 8.00. The van der Waals surface area contributed by atoms with E-state index in [0.717, 1.165) is 49.9 Å². The number of likely N-dealkylation sites (N-methyl/N-ethyl adjacent to an activating group) is 1. The number of aromatic nitrogens is 2. The molecule has 0 aromatic carbocycles. The molecule has 7 nitrogen and oxygen atoms in total. The van der Waals surface area contributed by atoms with Crippen LogP contribution in [0.5, 0.6) is 0 Å². The van der Waals surface area contributed by atoms with E-state index >= 15 is 0 Å². The van der Waals surface area contributed by atoms with E-state index < -0.39 is 0 Å². The average Bonchev–Trinajstić information content (AvgIpc) is 3.34. The predicted octanol–water partition coefficient (Wildman–Crippen LogP) is 1.41. The van der Waals surface area contributed by atoms with Gasteiger partial charge in [-0.25, -0.2) is 0 Å². The molecular formula is C16H25N5O2S. The SMILES string of the molecule is CN1CCNCC1c1noc(C2CSCN2C(=O)C2CCCC2)n1. The zero-order chi connectivity index (χ0) is 16.5. The Labute approximate surface area is 146 Å². The van der Waals surface area contributed by atoms with E-state index in [9.17, 15) is 4.79 Å². The second-order valence-electron chi connectivity index (χ2n) is 7.00. The zero-order valence-corrected chi connectivity index (χ0v) is 14.9. The lowest BCUT2D eigenvalue weighted by atomic mass is 10.1. The number of thioether (sulfide) groups is 1. The fraction of sp³-hybridized carbons (Fsp3) is 0.812. The fourth-order valence-corrected chi connectivity index (χ4v) is 5.04. The Morgan fingerprint density at radius 1 is 1.33 bits per heavy atom. The van der Waals surface area contributed by atoms with Gasteiger partial charge in [-0.1, -0.05) is 18.0 Å². The molecule has 1 saturated carbocycles. The Bertz CT molecular complexity index is 589. The zero-order valence-electron chi connectivity index (χ0n) is 14.1. The van der Waals surface area contributed by atoms with Gasteiger partial charge in [-0.05, 0) is 19.9 Å². The highest BCUT2D eigenvalue weighted by Gasteiger charge is 2.38. The fourth-order valence-electron chi connectivity index (χ4n) is 3.88. The highest BCUT2D eigenvalue weighted by molar-refractivity contribution is 7.99. The standard InChI is InChI=1S/C16H25N5O2S/c1-20-7-6-17-8-12(20)14-18-15(23-19-14)13-9-24-10-21(13)16(22)11-4-2-3-5-11/h11-13,17H,2-10H2,1H3. The van der Waals surface area contributed by atoms with E-state index in [0.29, 0.717) is 5.89 Å². The van der Waals surface area contributed by atoms with Crippen LogP contribution in [0.2, 0.25) is 0 Å². The summed E-state index contributed by atoms with van der Waals surface area (Å²) in [6.45, 7) is 2.79. The quantitative estimate of drug-likeness (QED) is 0.882. The van der Waals surface area contributed by atoms with Crippen molar-refractivity contribution in [3.63, 3.8) is 0 Å². The van der Waals surface area contributed by atoms with Crippen LogP contribution in [-0.2, 0) is 4.79 Å². The number of nitrogens with one attached hydrogen (secondary N) is 1. The van der Waals surface area contributed by atoms with Crippen molar-refractivity contribution in [3.8, 4) is 0 Å². The largest absolute Gasteiger partial charge is 0.337 e. The summed E-state index contributed by atoms with van der Waals surface area (Å²) in [5.74, 6) is 3.38. The van der Waals surface area contributed by atoms with Gasteiger partial charge in [0.15, 0.2) is 5.82 Å². The van der Waals surface area contributed by atoms with E-state index in [1.54, 1.807) is 11.8 Å². The van der Waals surface area contributed by atoms with Crippen LogP contribution in [0.4, 0.5) is 0 Å². The Morgan fingerprint density at radius 2 is 2.17 bits per heavy atom. The smallest absolute Gasteiger partial charge is 0.250 e. The summed E-state index contributed by atoms with van der Waals surface area (Å²) in [5.41, 5.74) is 0. The van der Waals surface area contributed by atoms with Crippen LogP contribution in [0.25, 0.3) is 0 Å². The minimum Gasteiger partial charge on any atom is -0.337 e. The minimum atomic E-state index is -0.0637. The first-order valence-electron chi connectivity index (χ1n) is 8.86. The van der Waals surface area contributed by atoms with E-state index in [1.165, 1.54) is 12.8 Å².